The fourth-order valence-corrected chi connectivity index (χ4v) is 6.44. The third-order valence-corrected chi connectivity index (χ3v) is 8.06. The van der Waals surface area contributed by atoms with Crippen LogP contribution in [0.15, 0.2) is 33.7 Å². The molecule has 1 saturated heterocycles. The Morgan fingerprint density at radius 3 is 2.33 bits per heavy atom. The number of amidine groups is 1. The molecular weight excluding hydrogens is 482 g/mol. The van der Waals surface area contributed by atoms with Crippen LogP contribution >= 0.6 is 40.1 Å². The molecular formula is C23H33BrClN3OS. The van der Waals surface area contributed by atoms with Gasteiger partial charge >= 0.3 is 0 Å². The number of rotatable bonds is 5. The van der Waals surface area contributed by atoms with Gasteiger partial charge in [0.05, 0.1) is 6.04 Å². The van der Waals surface area contributed by atoms with Gasteiger partial charge in [0.2, 0.25) is 5.91 Å². The minimum atomic E-state index is 0. The number of hydrogen-bond donors (Lipinski definition) is 1. The first-order chi connectivity index (χ1) is 14.2. The number of halogens is 2. The molecule has 1 aromatic carbocycles. The number of amides is 1. The Morgan fingerprint density at radius 1 is 1.03 bits per heavy atom. The van der Waals surface area contributed by atoms with Crippen LogP contribution in [0, 0.1) is 0 Å². The van der Waals surface area contributed by atoms with Crippen LogP contribution in [0.2, 0.25) is 0 Å². The summed E-state index contributed by atoms with van der Waals surface area (Å²) in [5.74, 6) is 1.09. The SMILES string of the molecule is Cl.O=C(CC1CS/C(=N\C2CCCCC2)N1C1CCCCC1)Nc1ccc(Br)cc1. The van der Waals surface area contributed by atoms with Crippen molar-refractivity contribution in [3.63, 3.8) is 0 Å². The van der Waals surface area contributed by atoms with Gasteiger partial charge in [0, 0.05) is 34.4 Å². The maximum atomic E-state index is 12.8. The van der Waals surface area contributed by atoms with Crippen molar-refractivity contribution in [2.24, 2.45) is 4.99 Å². The topological polar surface area (TPSA) is 44.7 Å². The summed E-state index contributed by atoms with van der Waals surface area (Å²) in [6.07, 6.45) is 13.5. The van der Waals surface area contributed by atoms with E-state index in [4.69, 9.17) is 4.99 Å². The average molecular weight is 515 g/mol. The minimum absolute atomic E-state index is 0. The van der Waals surface area contributed by atoms with Gasteiger partial charge in [-0.1, -0.05) is 66.2 Å². The molecule has 3 aliphatic rings. The summed E-state index contributed by atoms with van der Waals surface area (Å²) in [6, 6.07) is 9.13. The molecule has 0 radical (unpaired) electrons. The maximum Gasteiger partial charge on any atom is 0.226 e. The molecule has 1 heterocycles. The van der Waals surface area contributed by atoms with E-state index in [-0.39, 0.29) is 24.4 Å². The van der Waals surface area contributed by atoms with Crippen LogP contribution in [0.25, 0.3) is 0 Å². The highest BCUT2D eigenvalue weighted by Crippen LogP contribution is 2.35. The summed E-state index contributed by atoms with van der Waals surface area (Å²) in [4.78, 5) is 20.5. The van der Waals surface area contributed by atoms with Gasteiger partial charge in [-0.15, -0.1) is 12.4 Å². The Balaban J connectivity index is 0.00000256. The molecule has 0 bridgehead atoms. The van der Waals surface area contributed by atoms with Crippen LogP contribution < -0.4 is 5.32 Å². The summed E-state index contributed by atoms with van der Waals surface area (Å²) >= 11 is 5.33. The highest BCUT2D eigenvalue weighted by Gasteiger charge is 2.37. The quantitative estimate of drug-likeness (QED) is 0.479. The monoisotopic (exact) mass is 513 g/mol. The third kappa shape index (κ3) is 6.39. The molecule has 4 rings (SSSR count). The van der Waals surface area contributed by atoms with Crippen LogP contribution in [0.5, 0.6) is 0 Å². The zero-order chi connectivity index (χ0) is 20.1. The predicted octanol–water partition coefficient (Wildman–Crippen LogP) is 6.64. The van der Waals surface area contributed by atoms with Crippen molar-refractivity contribution >= 4 is 56.9 Å². The van der Waals surface area contributed by atoms with Crippen molar-refractivity contribution in [1.29, 1.82) is 0 Å². The molecule has 7 heteroatoms. The molecule has 4 nitrogen and oxygen atoms in total. The first-order valence-electron chi connectivity index (χ1n) is 11.2. The zero-order valence-corrected chi connectivity index (χ0v) is 20.7. The van der Waals surface area contributed by atoms with Crippen LogP contribution in [0.4, 0.5) is 5.69 Å². The normalized spacial score (nSPS) is 24.6. The number of carbonyl (C=O) groups is 1. The van der Waals surface area contributed by atoms with Gasteiger partial charge in [0.15, 0.2) is 5.17 Å². The van der Waals surface area contributed by atoms with Gasteiger partial charge in [-0.3, -0.25) is 9.79 Å². The molecule has 1 N–H and O–H groups in total. The van der Waals surface area contributed by atoms with Crippen molar-refractivity contribution in [3.8, 4) is 0 Å². The number of hydrogen-bond acceptors (Lipinski definition) is 3. The third-order valence-electron chi connectivity index (χ3n) is 6.40. The fraction of sp³-hybridized carbons (Fsp3) is 0.652. The van der Waals surface area contributed by atoms with Crippen molar-refractivity contribution in [3.05, 3.63) is 28.7 Å². The van der Waals surface area contributed by atoms with Crippen molar-refractivity contribution in [2.75, 3.05) is 11.1 Å². The second kappa shape index (κ2) is 11.8. The summed E-state index contributed by atoms with van der Waals surface area (Å²) < 4.78 is 1.02. The van der Waals surface area contributed by atoms with E-state index in [0.717, 1.165) is 15.9 Å². The summed E-state index contributed by atoms with van der Waals surface area (Å²) in [5.41, 5.74) is 0.865. The van der Waals surface area contributed by atoms with Crippen LogP contribution in [-0.4, -0.2) is 39.9 Å². The largest absolute Gasteiger partial charge is 0.344 e. The maximum absolute atomic E-state index is 12.8. The molecule has 1 aliphatic heterocycles. The molecule has 1 atom stereocenters. The molecule has 30 heavy (non-hydrogen) atoms. The van der Waals surface area contributed by atoms with Crippen molar-refractivity contribution < 1.29 is 4.79 Å². The molecule has 2 aliphatic carbocycles. The van der Waals surface area contributed by atoms with E-state index in [1.165, 1.54) is 69.4 Å². The van der Waals surface area contributed by atoms with Gasteiger partial charge in [0.25, 0.3) is 0 Å². The lowest BCUT2D eigenvalue weighted by molar-refractivity contribution is -0.117. The van der Waals surface area contributed by atoms with Gasteiger partial charge in [0.1, 0.15) is 0 Å². The van der Waals surface area contributed by atoms with E-state index in [0.29, 0.717) is 18.5 Å². The average Bonchev–Trinajstić information content (AvgIpc) is 3.13. The van der Waals surface area contributed by atoms with E-state index in [1.54, 1.807) is 0 Å². The molecule has 0 spiro atoms. The van der Waals surface area contributed by atoms with E-state index < -0.39 is 0 Å². The summed E-state index contributed by atoms with van der Waals surface area (Å²) in [7, 11) is 0. The van der Waals surface area contributed by atoms with Gasteiger partial charge in [-0.2, -0.15) is 0 Å². The minimum Gasteiger partial charge on any atom is -0.344 e. The lowest BCUT2D eigenvalue weighted by Crippen LogP contribution is -2.45. The lowest BCUT2D eigenvalue weighted by Gasteiger charge is -2.37. The number of benzene rings is 1. The molecule has 1 amide bonds. The Bertz CT molecular complexity index is 718. The highest BCUT2D eigenvalue weighted by molar-refractivity contribution is 9.10. The standard InChI is InChI=1S/C23H32BrN3OS.ClH/c24-17-11-13-19(14-12-17)25-22(28)15-21-16-29-23(26-18-7-3-1-4-8-18)27(21)20-9-5-2-6-10-20;/h11-14,18,20-21H,1-10,15-16H2,(H,25,28);1H/b26-23-;. The number of anilines is 1. The van der Waals surface area contributed by atoms with Crippen molar-refractivity contribution in [2.45, 2.75) is 88.8 Å². The number of nitrogens with zero attached hydrogens (tertiary/aromatic N) is 2. The smallest absolute Gasteiger partial charge is 0.226 e. The summed E-state index contributed by atoms with van der Waals surface area (Å²) in [5, 5.41) is 4.31. The fourth-order valence-electron chi connectivity index (χ4n) is 4.88. The van der Waals surface area contributed by atoms with Gasteiger partial charge in [-0.25, -0.2) is 0 Å². The molecule has 1 unspecified atom stereocenters. The van der Waals surface area contributed by atoms with E-state index in [2.05, 4.69) is 26.1 Å². The molecule has 166 valence electrons. The van der Waals surface area contributed by atoms with Gasteiger partial charge < -0.3 is 10.2 Å². The van der Waals surface area contributed by atoms with Crippen molar-refractivity contribution in [1.82, 2.24) is 4.90 Å². The van der Waals surface area contributed by atoms with E-state index in [9.17, 15) is 4.79 Å². The number of nitrogens with one attached hydrogen (secondary N) is 1. The summed E-state index contributed by atoms with van der Waals surface area (Å²) in [6.45, 7) is 0. The first kappa shape index (κ1) is 23.9. The zero-order valence-electron chi connectivity index (χ0n) is 17.5. The second-order valence-corrected chi connectivity index (χ2v) is 10.5. The molecule has 3 fully saturated rings. The van der Waals surface area contributed by atoms with Crippen LogP contribution in [0.3, 0.4) is 0 Å². The van der Waals surface area contributed by atoms with E-state index in [1.807, 2.05) is 36.0 Å². The van der Waals surface area contributed by atoms with Crippen LogP contribution in [0.1, 0.15) is 70.6 Å². The molecule has 2 saturated carbocycles. The lowest BCUT2D eigenvalue weighted by atomic mass is 9.93. The molecule has 1 aromatic rings. The Kier molecular flexibility index (Phi) is 9.39. The number of thioether (sulfide) groups is 1. The Hall–Kier alpha value is -0.720. The first-order valence-corrected chi connectivity index (χ1v) is 13.0. The second-order valence-electron chi connectivity index (χ2n) is 8.63. The molecule has 0 aromatic heterocycles. The van der Waals surface area contributed by atoms with Gasteiger partial charge in [-0.05, 0) is 49.9 Å². The Morgan fingerprint density at radius 2 is 1.67 bits per heavy atom. The number of carbonyl (C=O) groups excluding carboxylic acids is 1. The van der Waals surface area contributed by atoms with E-state index >= 15 is 0 Å². The predicted molar refractivity (Wildman–Crippen MR) is 134 cm³/mol. The number of aliphatic imine (C=N–C) groups is 1. The highest BCUT2D eigenvalue weighted by atomic mass is 79.9. The Labute approximate surface area is 199 Å². The van der Waals surface area contributed by atoms with Crippen LogP contribution in [-0.2, 0) is 4.79 Å².